The fraction of sp³-hybridized carbons (Fsp3) is 0.909. The molecule has 3 nitrogen and oxygen atoms in total. The van der Waals surface area contributed by atoms with Crippen LogP contribution in [0.25, 0.3) is 0 Å². The average Bonchev–Trinajstić information content (AvgIpc) is 2.13. The monoisotopic (exact) mass is 200 g/mol. The third-order valence-corrected chi connectivity index (χ3v) is 2.38. The summed E-state index contributed by atoms with van der Waals surface area (Å²) in [4.78, 5) is 11.5. The Hall–Kier alpha value is -0.570. The molecule has 0 bridgehead atoms. The van der Waals surface area contributed by atoms with Gasteiger partial charge in [-0.1, -0.05) is 27.2 Å². The summed E-state index contributed by atoms with van der Waals surface area (Å²) >= 11 is 0. The zero-order chi connectivity index (χ0) is 11.1. The Morgan fingerprint density at radius 2 is 1.86 bits per heavy atom. The van der Waals surface area contributed by atoms with Crippen LogP contribution < -0.4 is 10.6 Å². The van der Waals surface area contributed by atoms with E-state index in [9.17, 15) is 4.79 Å². The summed E-state index contributed by atoms with van der Waals surface area (Å²) in [6, 6.07) is 0.339. The van der Waals surface area contributed by atoms with Crippen LogP contribution in [0.1, 0.15) is 40.5 Å². The van der Waals surface area contributed by atoms with E-state index in [1.807, 2.05) is 0 Å². The van der Waals surface area contributed by atoms with Crippen LogP contribution in [0.2, 0.25) is 0 Å². The van der Waals surface area contributed by atoms with Crippen molar-refractivity contribution in [3.05, 3.63) is 0 Å². The molecule has 2 unspecified atom stereocenters. The van der Waals surface area contributed by atoms with Gasteiger partial charge in [0, 0.05) is 13.1 Å². The molecular formula is C11H24N2O. The van der Waals surface area contributed by atoms with Gasteiger partial charge in [0.05, 0.1) is 6.04 Å². The van der Waals surface area contributed by atoms with E-state index in [4.69, 9.17) is 0 Å². The highest BCUT2D eigenvalue weighted by atomic mass is 16.2. The third kappa shape index (κ3) is 4.61. The first-order valence-corrected chi connectivity index (χ1v) is 5.50. The van der Waals surface area contributed by atoms with Gasteiger partial charge in [0.25, 0.3) is 0 Å². The van der Waals surface area contributed by atoms with Gasteiger partial charge in [0.15, 0.2) is 0 Å². The number of carbonyl (C=O) groups excluding carboxylic acids is 1. The molecule has 1 amide bonds. The molecular weight excluding hydrogens is 176 g/mol. The Morgan fingerprint density at radius 1 is 1.29 bits per heavy atom. The maximum absolute atomic E-state index is 11.5. The second-order valence-corrected chi connectivity index (χ2v) is 4.19. The van der Waals surface area contributed by atoms with Crippen LogP contribution in [-0.4, -0.2) is 25.0 Å². The van der Waals surface area contributed by atoms with Crippen molar-refractivity contribution in [2.24, 2.45) is 5.92 Å². The molecule has 14 heavy (non-hydrogen) atoms. The summed E-state index contributed by atoms with van der Waals surface area (Å²) in [5.41, 5.74) is 0. The van der Waals surface area contributed by atoms with E-state index in [2.05, 4.69) is 38.3 Å². The van der Waals surface area contributed by atoms with Crippen LogP contribution in [0.5, 0.6) is 0 Å². The van der Waals surface area contributed by atoms with E-state index >= 15 is 0 Å². The highest BCUT2D eigenvalue weighted by Crippen LogP contribution is 2.05. The Labute approximate surface area is 87.6 Å². The van der Waals surface area contributed by atoms with Crippen molar-refractivity contribution in [2.45, 2.75) is 52.6 Å². The van der Waals surface area contributed by atoms with E-state index in [1.165, 1.54) is 0 Å². The van der Waals surface area contributed by atoms with Crippen molar-refractivity contribution in [3.63, 3.8) is 0 Å². The molecule has 3 heteroatoms. The largest absolute Gasteiger partial charge is 0.358 e. The minimum absolute atomic E-state index is 0.0680. The molecule has 0 aliphatic carbocycles. The van der Waals surface area contributed by atoms with Crippen LogP contribution >= 0.6 is 0 Å². The van der Waals surface area contributed by atoms with Gasteiger partial charge in [0.2, 0.25) is 5.91 Å². The lowest BCUT2D eigenvalue weighted by Gasteiger charge is -2.24. The van der Waals surface area contributed by atoms with E-state index in [1.54, 1.807) is 7.05 Å². The van der Waals surface area contributed by atoms with Crippen molar-refractivity contribution >= 4 is 5.91 Å². The zero-order valence-electron chi connectivity index (χ0n) is 10.1. The van der Waals surface area contributed by atoms with Crippen LogP contribution in [0.15, 0.2) is 0 Å². The highest BCUT2D eigenvalue weighted by Gasteiger charge is 2.21. The van der Waals surface area contributed by atoms with Crippen molar-refractivity contribution in [1.82, 2.24) is 10.6 Å². The second-order valence-electron chi connectivity index (χ2n) is 4.19. The van der Waals surface area contributed by atoms with Gasteiger partial charge in [-0.3, -0.25) is 4.79 Å². The molecule has 0 rings (SSSR count). The van der Waals surface area contributed by atoms with Crippen LogP contribution in [0.4, 0.5) is 0 Å². The lowest BCUT2D eigenvalue weighted by Crippen LogP contribution is -2.49. The molecule has 0 saturated carbocycles. The molecule has 0 heterocycles. The number of likely N-dealkylation sites (N-methyl/N-ethyl adjacent to an activating group) is 1. The van der Waals surface area contributed by atoms with Gasteiger partial charge < -0.3 is 10.6 Å². The average molecular weight is 200 g/mol. The molecule has 0 aromatic heterocycles. The summed E-state index contributed by atoms with van der Waals surface area (Å²) in [5, 5.41) is 6.05. The van der Waals surface area contributed by atoms with Gasteiger partial charge in [-0.2, -0.15) is 0 Å². The number of nitrogens with one attached hydrogen (secondary N) is 2. The molecule has 84 valence electrons. The van der Waals surface area contributed by atoms with Crippen molar-refractivity contribution in [1.29, 1.82) is 0 Å². The molecule has 0 saturated heterocycles. The molecule has 0 aliphatic heterocycles. The summed E-state index contributed by atoms with van der Waals surface area (Å²) in [5.74, 6) is 0.414. The maximum atomic E-state index is 11.5. The molecule has 0 fully saturated rings. The van der Waals surface area contributed by atoms with Gasteiger partial charge >= 0.3 is 0 Å². The molecule has 0 radical (unpaired) electrons. The Kier molecular flexibility index (Phi) is 6.54. The predicted octanol–water partition coefficient (Wildman–Crippen LogP) is 1.54. The fourth-order valence-electron chi connectivity index (χ4n) is 1.55. The minimum Gasteiger partial charge on any atom is -0.358 e. The Balaban J connectivity index is 4.16. The quantitative estimate of drug-likeness (QED) is 0.683. The number of hydrogen-bond acceptors (Lipinski definition) is 2. The first-order chi connectivity index (χ1) is 6.52. The Bertz CT molecular complexity index is 169. The van der Waals surface area contributed by atoms with E-state index in [0.29, 0.717) is 12.0 Å². The van der Waals surface area contributed by atoms with Gasteiger partial charge in [-0.15, -0.1) is 0 Å². The number of rotatable bonds is 6. The maximum Gasteiger partial charge on any atom is 0.237 e. The van der Waals surface area contributed by atoms with E-state index in [-0.39, 0.29) is 11.9 Å². The molecule has 0 aliphatic rings. The normalized spacial score (nSPS) is 15.3. The fourth-order valence-corrected chi connectivity index (χ4v) is 1.55. The minimum atomic E-state index is -0.0680. The first-order valence-electron chi connectivity index (χ1n) is 5.50. The van der Waals surface area contributed by atoms with Crippen molar-refractivity contribution in [2.75, 3.05) is 7.05 Å². The summed E-state index contributed by atoms with van der Waals surface area (Å²) < 4.78 is 0. The van der Waals surface area contributed by atoms with Gasteiger partial charge in [-0.25, -0.2) is 0 Å². The lowest BCUT2D eigenvalue weighted by atomic mass is 10.0. The van der Waals surface area contributed by atoms with E-state index in [0.717, 1.165) is 12.8 Å². The van der Waals surface area contributed by atoms with Crippen LogP contribution in [-0.2, 0) is 4.79 Å². The van der Waals surface area contributed by atoms with Gasteiger partial charge in [-0.05, 0) is 19.3 Å². The molecule has 0 spiro atoms. The zero-order valence-corrected chi connectivity index (χ0v) is 10.1. The van der Waals surface area contributed by atoms with Crippen molar-refractivity contribution < 1.29 is 4.79 Å². The first kappa shape index (κ1) is 13.4. The Morgan fingerprint density at radius 3 is 2.21 bits per heavy atom. The smallest absolute Gasteiger partial charge is 0.237 e. The van der Waals surface area contributed by atoms with Gasteiger partial charge in [0.1, 0.15) is 0 Å². The van der Waals surface area contributed by atoms with Crippen LogP contribution in [0.3, 0.4) is 0 Å². The number of hydrogen-bond donors (Lipinski definition) is 2. The summed E-state index contributed by atoms with van der Waals surface area (Å²) in [6.45, 7) is 8.40. The predicted molar refractivity (Wildman–Crippen MR) is 60.2 cm³/mol. The molecule has 0 aromatic carbocycles. The molecule has 2 N–H and O–H groups in total. The summed E-state index contributed by atoms with van der Waals surface area (Å²) in [6.07, 6.45) is 2.26. The van der Waals surface area contributed by atoms with Crippen LogP contribution in [0, 0.1) is 5.92 Å². The second kappa shape index (κ2) is 6.82. The van der Waals surface area contributed by atoms with E-state index < -0.39 is 0 Å². The third-order valence-electron chi connectivity index (χ3n) is 2.38. The SMILES string of the molecule is CCCC(C)NC(C(=O)NC)C(C)C. The number of carbonyl (C=O) groups is 1. The number of amides is 1. The topological polar surface area (TPSA) is 41.1 Å². The lowest BCUT2D eigenvalue weighted by molar-refractivity contribution is -0.123. The summed E-state index contributed by atoms with van der Waals surface area (Å²) in [7, 11) is 1.68. The highest BCUT2D eigenvalue weighted by molar-refractivity contribution is 5.81. The van der Waals surface area contributed by atoms with Crippen molar-refractivity contribution in [3.8, 4) is 0 Å². The standard InChI is InChI=1S/C11H24N2O/c1-6-7-9(4)13-10(8(2)3)11(14)12-5/h8-10,13H,6-7H2,1-5H3,(H,12,14). The molecule has 0 aromatic rings. The molecule has 2 atom stereocenters.